The van der Waals surface area contributed by atoms with Crippen molar-refractivity contribution in [1.29, 1.82) is 0 Å². The van der Waals surface area contributed by atoms with Gasteiger partial charge >= 0.3 is 0 Å². The molecule has 1 amide bonds. The zero-order valence-corrected chi connectivity index (χ0v) is 9.75. The van der Waals surface area contributed by atoms with E-state index in [-0.39, 0.29) is 16.9 Å². The van der Waals surface area contributed by atoms with Crippen molar-refractivity contribution in [3.8, 4) is 0 Å². The Hall–Kier alpha value is -2.63. The van der Waals surface area contributed by atoms with Crippen molar-refractivity contribution in [2.75, 3.05) is 11.1 Å². The minimum Gasteiger partial charge on any atom is -0.396 e. The van der Waals surface area contributed by atoms with Gasteiger partial charge in [0.15, 0.2) is 5.82 Å². The Morgan fingerprint density at radius 2 is 2.22 bits per heavy atom. The molecule has 0 fully saturated rings. The third kappa shape index (κ3) is 2.37. The van der Waals surface area contributed by atoms with Crippen molar-refractivity contribution in [3.63, 3.8) is 0 Å². The molecule has 0 spiro atoms. The van der Waals surface area contributed by atoms with Gasteiger partial charge in [-0.1, -0.05) is 0 Å². The van der Waals surface area contributed by atoms with Gasteiger partial charge in [-0.05, 0) is 18.2 Å². The first-order chi connectivity index (χ1) is 8.58. The van der Waals surface area contributed by atoms with E-state index in [1.54, 1.807) is 25.2 Å². The number of rotatable bonds is 2. The topological polar surface area (TPSA) is 90.0 Å². The number of anilines is 2. The van der Waals surface area contributed by atoms with Crippen molar-refractivity contribution < 1.29 is 4.79 Å². The van der Waals surface area contributed by atoms with Crippen molar-refractivity contribution >= 4 is 17.4 Å². The van der Waals surface area contributed by atoms with Gasteiger partial charge in [0.05, 0.1) is 5.69 Å². The molecule has 0 saturated heterocycles. The maximum absolute atomic E-state index is 11.9. The molecule has 0 radical (unpaired) electrons. The predicted molar refractivity (Wildman–Crippen MR) is 68.3 cm³/mol. The fourth-order valence-corrected chi connectivity index (χ4v) is 1.39. The van der Waals surface area contributed by atoms with Crippen molar-refractivity contribution in [3.05, 3.63) is 52.6 Å². The van der Waals surface area contributed by atoms with Gasteiger partial charge in [-0.25, -0.2) is 4.98 Å². The van der Waals surface area contributed by atoms with E-state index in [0.717, 1.165) is 0 Å². The van der Waals surface area contributed by atoms with E-state index in [1.165, 1.54) is 23.0 Å². The second-order valence-corrected chi connectivity index (χ2v) is 3.76. The number of nitrogens with two attached hydrogens (primary N) is 1. The summed E-state index contributed by atoms with van der Waals surface area (Å²) >= 11 is 0. The largest absolute Gasteiger partial charge is 0.396 e. The lowest BCUT2D eigenvalue weighted by molar-refractivity contribution is 0.102. The molecule has 0 aliphatic heterocycles. The fourth-order valence-electron chi connectivity index (χ4n) is 1.39. The van der Waals surface area contributed by atoms with Crippen LogP contribution < -0.4 is 16.6 Å². The first-order valence-corrected chi connectivity index (χ1v) is 5.26. The van der Waals surface area contributed by atoms with E-state index >= 15 is 0 Å². The van der Waals surface area contributed by atoms with Crippen LogP contribution in [-0.2, 0) is 7.05 Å². The van der Waals surface area contributed by atoms with Gasteiger partial charge in [0.2, 0.25) is 0 Å². The Kier molecular flexibility index (Phi) is 3.09. The van der Waals surface area contributed by atoms with Crippen LogP contribution in [0.15, 0.2) is 41.5 Å². The number of aromatic nitrogens is 2. The minimum absolute atomic E-state index is 0.253. The summed E-state index contributed by atoms with van der Waals surface area (Å²) in [7, 11) is 1.61. The van der Waals surface area contributed by atoms with Crippen molar-refractivity contribution in [2.45, 2.75) is 0 Å². The summed E-state index contributed by atoms with van der Waals surface area (Å²) in [6.45, 7) is 0. The van der Waals surface area contributed by atoms with Crippen molar-refractivity contribution in [1.82, 2.24) is 9.55 Å². The molecule has 2 aromatic heterocycles. The second-order valence-electron chi connectivity index (χ2n) is 3.76. The number of hydrogen-bond acceptors (Lipinski definition) is 4. The van der Waals surface area contributed by atoms with Gasteiger partial charge in [0.25, 0.3) is 11.5 Å². The lowest BCUT2D eigenvalue weighted by Gasteiger charge is -2.06. The van der Waals surface area contributed by atoms with E-state index in [2.05, 4.69) is 10.3 Å². The van der Waals surface area contributed by atoms with Gasteiger partial charge in [-0.2, -0.15) is 0 Å². The molecule has 0 aliphatic carbocycles. The smallest absolute Gasteiger partial charge is 0.257 e. The Morgan fingerprint density at radius 3 is 2.89 bits per heavy atom. The van der Waals surface area contributed by atoms with E-state index < -0.39 is 5.91 Å². The average Bonchev–Trinajstić information content (AvgIpc) is 2.35. The number of hydrogen-bond donors (Lipinski definition) is 2. The average molecular weight is 244 g/mol. The van der Waals surface area contributed by atoms with Crippen LogP contribution in [0.4, 0.5) is 11.5 Å². The van der Waals surface area contributed by atoms with Gasteiger partial charge < -0.3 is 15.6 Å². The first-order valence-electron chi connectivity index (χ1n) is 5.26. The van der Waals surface area contributed by atoms with Crippen LogP contribution in [0.3, 0.4) is 0 Å². The van der Waals surface area contributed by atoms with Crippen LogP contribution in [0, 0.1) is 0 Å². The number of pyridine rings is 2. The molecule has 6 heteroatoms. The molecule has 2 rings (SSSR count). The van der Waals surface area contributed by atoms with Gasteiger partial charge in [-0.3, -0.25) is 9.59 Å². The Morgan fingerprint density at radius 1 is 1.44 bits per heavy atom. The maximum atomic E-state index is 11.9. The minimum atomic E-state index is -0.418. The molecular weight excluding hydrogens is 232 g/mol. The molecule has 0 aromatic carbocycles. The van der Waals surface area contributed by atoms with Crippen LogP contribution in [0.25, 0.3) is 0 Å². The lowest BCUT2D eigenvalue weighted by atomic mass is 10.2. The van der Waals surface area contributed by atoms with Crippen LogP contribution in [0.2, 0.25) is 0 Å². The van der Waals surface area contributed by atoms with E-state index in [9.17, 15) is 9.59 Å². The lowest BCUT2D eigenvalue weighted by Crippen LogP contribution is -2.20. The molecule has 0 unspecified atom stereocenters. The number of carbonyl (C=O) groups excluding carboxylic acids is 1. The number of amides is 1. The Bertz CT molecular complexity index is 649. The van der Waals surface area contributed by atoms with Crippen LogP contribution >= 0.6 is 0 Å². The summed E-state index contributed by atoms with van der Waals surface area (Å²) in [5.74, 6) is -0.138. The normalized spacial score (nSPS) is 10.1. The monoisotopic (exact) mass is 244 g/mol. The molecule has 0 saturated carbocycles. The number of nitrogens with one attached hydrogen (secondary N) is 1. The number of nitrogens with zero attached hydrogens (tertiary/aromatic N) is 2. The maximum Gasteiger partial charge on any atom is 0.257 e. The molecule has 92 valence electrons. The van der Waals surface area contributed by atoms with Crippen LogP contribution in [0.5, 0.6) is 0 Å². The highest BCUT2D eigenvalue weighted by molar-refractivity contribution is 6.04. The first kappa shape index (κ1) is 11.8. The van der Waals surface area contributed by atoms with Gasteiger partial charge in [0, 0.05) is 31.1 Å². The van der Waals surface area contributed by atoms with E-state index in [4.69, 9.17) is 5.73 Å². The quantitative estimate of drug-likeness (QED) is 0.810. The summed E-state index contributed by atoms with van der Waals surface area (Å²) in [5, 5.41) is 2.55. The molecule has 0 atom stereocenters. The predicted octanol–water partition coefficient (Wildman–Crippen LogP) is 0.615. The van der Waals surface area contributed by atoms with Crippen LogP contribution in [0.1, 0.15) is 10.4 Å². The molecule has 0 aliphatic rings. The molecule has 2 heterocycles. The second kappa shape index (κ2) is 4.70. The standard InChI is InChI=1S/C12H12N4O2/c1-16-6-4-8(7-10(16)17)12(18)15-11-9(13)3-2-5-14-11/h2-7H,13H2,1H3,(H,14,15,18). The van der Waals surface area contributed by atoms with E-state index in [0.29, 0.717) is 5.69 Å². The highest BCUT2D eigenvalue weighted by Gasteiger charge is 2.09. The summed E-state index contributed by atoms with van der Waals surface area (Å²) in [5.41, 5.74) is 6.04. The molecule has 6 nitrogen and oxygen atoms in total. The Labute approximate surface area is 103 Å². The molecule has 2 aromatic rings. The summed E-state index contributed by atoms with van der Waals surface area (Å²) < 4.78 is 1.38. The van der Waals surface area contributed by atoms with Gasteiger partial charge in [0.1, 0.15) is 0 Å². The third-order valence-corrected chi connectivity index (χ3v) is 2.44. The highest BCUT2D eigenvalue weighted by Crippen LogP contribution is 2.13. The fraction of sp³-hybridized carbons (Fsp3) is 0.0833. The van der Waals surface area contributed by atoms with Crippen LogP contribution in [-0.4, -0.2) is 15.5 Å². The Balaban J connectivity index is 2.25. The molecule has 3 N–H and O–H groups in total. The van der Waals surface area contributed by atoms with E-state index in [1.807, 2.05) is 0 Å². The number of carbonyl (C=O) groups is 1. The summed E-state index contributed by atoms with van der Waals surface area (Å²) in [6.07, 6.45) is 3.05. The highest BCUT2D eigenvalue weighted by atomic mass is 16.2. The molecule has 0 bridgehead atoms. The van der Waals surface area contributed by atoms with Gasteiger partial charge in [-0.15, -0.1) is 0 Å². The van der Waals surface area contributed by atoms with Crippen molar-refractivity contribution in [2.24, 2.45) is 7.05 Å². The molecule has 18 heavy (non-hydrogen) atoms. The number of aryl methyl sites for hydroxylation is 1. The third-order valence-electron chi connectivity index (χ3n) is 2.44. The number of nitrogen functional groups attached to an aromatic ring is 1. The molecular formula is C12H12N4O2. The summed E-state index contributed by atoms with van der Waals surface area (Å²) in [6, 6.07) is 6.11. The summed E-state index contributed by atoms with van der Waals surface area (Å²) in [4.78, 5) is 27.2. The zero-order chi connectivity index (χ0) is 13.1. The zero-order valence-electron chi connectivity index (χ0n) is 9.75. The SMILES string of the molecule is Cn1ccc(C(=O)Nc2ncccc2N)cc1=O.